The van der Waals surface area contributed by atoms with Crippen molar-refractivity contribution in [2.75, 3.05) is 26.2 Å². The molecule has 27 heavy (non-hydrogen) atoms. The first-order valence-corrected chi connectivity index (χ1v) is 10.4. The van der Waals surface area contributed by atoms with E-state index >= 15 is 0 Å². The molecule has 0 bridgehead atoms. The summed E-state index contributed by atoms with van der Waals surface area (Å²) in [6, 6.07) is 9.57. The van der Waals surface area contributed by atoms with Crippen LogP contribution in [0.2, 0.25) is 0 Å². The molecular formula is C22H37N3O2. The molecule has 1 aromatic carbocycles. The molecule has 1 aliphatic heterocycles. The second-order valence-corrected chi connectivity index (χ2v) is 8.20. The number of likely N-dealkylation sites (tertiary alicyclic amines) is 1. The molecule has 1 saturated heterocycles. The molecule has 0 spiro atoms. The van der Waals surface area contributed by atoms with Crippen LogP contribution in [0, 0.1) is 11.8 Å². The Labute approximate surface area is 164 Å². The van der Waals surface area contributed by atoms with E-state index in [0.717, 1.165) is 25.2 Å². The van der Waals surface area contributed by atoms with Crippen LogP contribution in [0.3, 0.4) is 0 Å². The third-order valence-electron chi connectivity index (χ3n) is 5.62. The van der Waals surface area contributed by atoms with E-state index in [2.05, 4.69) is 10.2 Å². The lowest BCUT2D eigenvalue weighted by molar-refractivity contribution is -0.127. The molecule has 1 aliphatic rings. The number of amides is 1. The normalized spacial score (nSPS) is 18.9. The van der Waals surface area contributed by atoms with Gasteiger partial charge in [0.1, 0.15) is 0 Å². The summed E-state index contributed by atoms with van der Waals surface area (Å²) in [5, 5.41) is 13.6. The van der Waals surface area contributed by atoms with Crippen LogP contribution >= 0.6 is 0 Å². The Bertz CT molecular complexity index is 544. The topological polar surface area (TPSA) is 78.6 Å². The van der Waals surface area contributed by atoms with Crippen LogP contribution < -0.4 is 11.1 Å². The maximum Gasteiger partial charge on any atom is 0.223 e. The molecule has 4 N–H and O–H groups in total. The Balaban J connectivity index is 1.79. The quantitative estimate of drug-likeness (QED) is 0.586. The minimum atomic E-state index is -0.689. The average Bonchev–Trinajstić information content (AvgIpc) is 2.67. The highest BCUT2D eigenvalue weighted by Crippen LogP contribution is 2.20. The summed E-state index contributed by atoms with van der Waals surface area (Å²) in [4.78, 5) is 15.1. The highest BCUT2D eigenvalue weighted by molar-refractivity contribution is 5.78. The highest BCUT2D eigenvalue weighted by atomic mass is 16.3. The number of hydrogen-bond acceptors (Lipinski definition) is 4. The van der Waals surface area contributed by atoms with E-state index in [9.17, 15) is 9.90 Å². The van der Waals surface area contributed by atoms with Crippen molar-refractivity contribution in [1.29, 1.82) is 0 Å². The second kappa shape index (κ2) is 11.4. The zero-order chi connectivity index (χ0) is 19.6. The van der Waals surface area contributed by atoms with Crippen LogP contribution in [0.4, 0.5) is 0 Å². The fourth-order valence-corrected chi connectivity index (χ4v) is 3.79. The van der Waals surface area contributed by atoms with Crippen LogP contribution in [-0.2, 0) is 11.2 Å². The van der Waals surface area contributed by atoms with Gasteiger partial charge in [0, 0.05) is 25.0 Å². The molecule has 0 radical (unpaired) electrons. The fraction of sp³-hybridized carbons (Fsp3) is 0.682. The van der Waals surface area contributed by atoms with Crippen molar-refractivity contribution in [2.24, 2.45) is 17.6 Å². The second-order valence-electron chi connectivity index (χ2n) is 8.20. The Morgan fingerprint density at radius 3 is 2.48 bits per heavy atom. The summed E-state index contributed by atoms with van der Waals surface area (Å²) in [7, 11) is 0. The van der Waals surface area contributed by atoms with Gasteiger partial charge in [-0.15, -0.1) is 0 Å². The van der Waals surface area contributed by atoms with Gasteiger partial charge in [-0.05, 0) is 50.3 Å². The lowest BCUT2D eigenvalue weighted by Crippen LogP contribution is -2.44. The van der Waals surface area contributed by atoms with Crippen molar-refractivity contribution in [3.05, 3.63) is 35.9 Å². The Morgan fingerprint density at radius 1 is 1.19 bits per heavy atom. The van der Waals surface area contributed by atoms with Crippen LogP contribution in [0.25, 0.3) is 0 Å². The zero-order valence-corrected chi connectivity index (χ0v) is 16.9. The van der Waals surface area contributed by atoms with Crippen molar-refractivity contribution in [1.82, 2.24) is 10.2 Å². The number of nitrogens with two attached hydrogens (primary N) is 1. The molecule has 0 aliphatic carbocycles. The number of piperidine rings is 1. The largest absolute Gasteiger partial charge is 0.391 e. The molecule has 152 valence electrons. The van der Waals surface area contributed by atoms with Gasteiger partial charge in [0.15, 0.2) is 0 Å². The number of hydrogen-bond donors (Lipinski definition) is 3. The standard InChI is InChI=1S/C22H37N3O2/c1-17(2)19(22(27)24-11-14-25-12-7-4-8-13-25)16-21(26)20(23)15-18-9-5-3-6-10-18/h3,5-6,9-10,17,19-21,26H,4,7-8,11-16,23H2,1-2H3,(H,24,27)/t19-,20-,21-/m0/s1. The Hall–Kier alpha value is -1.43. The van der Waals surface area contributed by atoms with Crippen LogP contribution in [0.5, 0.6) is 0 Å². The van der Waals surface area contributed by atoms with Gasteiger partial charge in [0.2, 0.25) is 5.91 Å². The lowest BCUT2D eigenvalue weighted by Gasteiger charge is -2.28. The molecule has 5 nitrogen and oxygen atoms in total. The summed E-state index contributed by atoms with van der Waals surface area (Å²) in [5.41, 5.74) is 7.31. The summed E-state index contributed by atoms with van der Waals surface area (Å²) in [6.07, 6.45) is 4.16. The van der Waals surface area contributed by atoms with Gasteiger partial charge < -0.3 is 21.1 Å². The number of aliphatic hydroxyl groups is 1. The van der Waals surface area contributed by atoms with Gasteiger partial charge in [0.25, 0.3) is 0 Å². The van der Waals surface area contributed by atoms with Crippen LogP contribution in [0.1, 0.15) is 45.1 Å². The van der Waals surface area contributed by atoms with E-state index in [0.29, 0.717) is 19.4 Å². The van der Waals surface area contributed by atoms with E-state index in [1.165, 1.54) is 19.3 Å². The third-order valence-corrected chi connectivity index (χ3v) is 5.62. The lowest BCUT2D eigenvalue weighted by atomic mass is 9.86. The average molecular weight is 376 g/mol. The van der Waals surface area contributed by atoms with E-state index < -0.39 is 6.10 Å². The van der Waals surface area contributed by atoms with E-state index in [1.807, 2.05) is 44.2 Å². The van der Waals surface area contributed by atoms with Crippen molar-refractivity contribution in [3.63, 3.8) is 0 Å². The minimum absolute atomic E-state index is 0.0352. The number of aliphatic hydroxyl groups excluding tert-OH is 1. The van der Waals surface area contributed by atoms with Gasteiger partial charge in [-0.1, -0.05) is 50.6 Å². The molecule has 0 saturated carbocycles. The van der Waals surface area contributed by atoms with E-state index in [-0.39, 0.29) is 23.8 Å². The maximum absolute atomic E-state index is 12.7. The molecule has 1 fully saturated rings. The number of nitrogens with zero attached hydrogens (tertiary/aromatic N) is 1. The summed E-state index contributed by atoms with van der Waals surface area (Å²) >= 11 is 0. The van der Waals surface area contributed by atoms with Gasteiger partial charge in [-0.3, -0.25) is 4.79 Å². The first-order chi connectivity index (χ1) is 13.0. The fourth-order valence-electron chi connectivity index (χ4n) is 3.79. The molecule has 0 unspecified atom stereocenters. The number of nitrogens with one attached hydrogen (secondary N) is 1. The highest BCUT2D eigenvalue weighted by Gasteiger charge is 2.28. The molecule has 1 amide bonds. The minimum Gasteiger partial charge on any atom is -0.391 e. The molecule has 1 heterocycles. The summed E-state index contributed by atoms with van der Waals surface area (Å²) in [5.74, 6) is -0.0188. The number of rotatable bonds is 10. The Kier molecular flexibility index (Phi) is 9.25. The molecule has 0 aromatic heterocycles. The predicted octanol–water partition coefficient (Wildman–Crippen LogP) is 2.18. The first kappa shape index (κ1) is 21.9. The van der Waals surface area contributed by atoms with Gasteiger partial charge >= 0.3 is 0 Å². The first-order valence-electron chi connectivity index (χ1n) is 10.4. The van der Waals surface area contributed by atoms with Crippen molar-refractivity contribution >= 4 is 5.91 Å². The van der Waals surface area contributed by atoms with Gasteiger partial charge in [0.05, 0.1) is 6.10 Å². The molecule has 5 heteroatoms. The van der Waals surface area contributed by atoms with Gasteiger partial charge in [-0.25, -0.2) is 0 Å². The third kappa shape index (κ3) is 7.60. The van der Waals surface area contributed by atoms with Crippen molar-refractivity contribution in [3.8, 4) is 0 Å². The van der Waals surface area contributed by atoms with E-state index in [4.69, 9.17) is 5.73 Å². The number of carbonyl (C=O) groups is 1. The molecular weight excluding hydrogens is 338 g/mol. The molecule has 2 rings (SSSR count). The predicted molar refractivity (Wildman–Crippen MR) is 110 cm³/mol. The van der Waals surface area contributed by atoms with Gasteiger partial charge in [-0.2, -0.15) is 0 Å². The van der Waals surface area contributed by atoms with Crippen molar-refractivity contribution < 1.29 is 9.90 Å². The number of benzene rings is 1. The molecule has 3 atom stereocenters. The number of carbonyl (C=O) groups excluding carboxylic acids is 1. The summed E-state index contributed by atoms with van der Waals surface area (Å²) < 4.78 is 0. The zero-order valence-electron chi connectivity index (χ0n) is 16.9. The molecule has 1 aromatic rings. The summed E-state index contributed by atoms with van der Waals surface area (Å²) in [6.45, 7) is 7.92. The van der Waals surface area contributed by atoms with E-state index in [1.54, 1.807) is 0 Å². The van der Waals surface area contributed by atoms with Crippen molar-refractivity contribution in [2.45, 2.75) is 58.1 Å². The maximum atomic E-state index is 12.7. The van der Waals surface area contributed by atoms with Crippen LogP contribution in [-0.4, -0.2) is 54.2 Å². The van der Waals surface area contributed by atoms with Crippen LogP contribution in [0.15, 0.2) is 30.3 Å². The smallest absolute Gasteiger partial charge is 0.223 e. The Morgan fingerprint density at radius 2 is 1.85 bits per heavy atom. The monoisotopic (exact) mass is 375 g/mol. The SMILES string of the molecule is CC(C)[C@H](C[C@H](O)[C@@H](N)Cc1ccccc1)C(=O)NCCN1CCCCC1.